The number of rotatable bonds is 4. The number of pyridine rings is 1. The second-order valence-corrected chi connectivity index (χ2v) is 6.73. The summed E-state index contributed by atoms with van der Waals surface area (Å²) in [5.74, 6) is 0.791. The number of para-hydroxylation sites is 1. The van der Waals surface area contributed by atoms with Gasteiger partial charge >= 0.3 is 0 Å². The zero-order valence-corrected chi connectivity index (χ0v) is 13.2. The Morgan fingerprint density at radius 1 is 1.22 bits per heavy atom. The number of amides is 1. The van der Waals surface area contributed by atoms with Crippen LogP contribution in [0.4, 0.5) is 0 Å². The average Bonchev–Trinajstić information content (AvgIpc) is 2.93. The molecule has 2 heterocycles. The largest absolute Gasteiger partial charge is 0.379 e. The number of nitrogens with one attached hydrogen (secondary N) is 1. The molecule has 2 aromatic rings. The Labute approximate surface area is 136 Å². The highest BCUT2D eigenvalue weighted by Crippen LogP contribution is 2.28. The quantitative estimate of drug-likeness (QED) is 0.944. The first-order chi connectivity index (χ1) is 11.3. The van der Waals surface area contributed by atoms with Gasteiger partial charge in [-0.2, -0.15) is 0 Å². The molecule has 4 nitrogen and oxygen atoms in total. The van der Waals surface area contributed by atoms with Gasteiger partial charge < -0.3 is 10.1 Å². The lowest BCUT2D eigenvalue weighted by atomic mass is 9.84. The van der Waals surface area contributed by atoms with E-state index in [4.69, 9.17) is 4.74 Å². The fourth-order valence-electron chi connectivity index (χ4n) is 3.55. The molecule has 1 aliphatic carbocycles. The number of aromatic nitrogens is 1. The van der Waals surface area contributed by atoms with Crippen LogP contribution in [0.15, 0.2) is 36.5 Å². The number of benzene rings is 1. The molecule has 0 bridgehead atoms. The van der Waals surface area contributed by atoms with Crippen LogP contribution in [0.5, 0.6) is 0 Å². The molecule has 4 rings (SSSR count). The monoisotopic (exact) mass is 310 g/mol. The summed E-state index contributed by atoms with van der Waals surface area (Å²) < 4.78 is 5.66. The third-order valence-corrected chi connectivity index (χ3v) is 5.22. The lowest BCUT2D eigenvalue weighted by molar-refractivity contribution is -0.128. The molecule has 1 saturated heterocycles. The van der Waals surface area contributed by atoms with Crippen molar-refractivity contribution in [2.75, 3.05) is 13.2 Å². The molecule has 2 atom stereocenters. The molecule has 4 heteroatoms. The molecule has 23 heavy (non-hydrogen) atoms. The van der Waals surface area contributed by atoms with Crippen LogP contribution in [0.1, 0.15) is 24.8 Å². The number of carbonyl (C=O) groups excluding carboxylic acids is 1. The van der Waals surface area contributed by atoms with Gasteiger partial charge in [-0.1, -0.05) is 24.6 Å². The SMILES string of the molecule is O=C(N[C@H]1COC[C@H]1Cc1ccnc2ccccc12)C1CCC1. The van der Waals surface area contributed by atoms with Crippen molar-refractivity contribution >= 4 is 16.8 Å². The van der Waals surface area contributed by atoms with E-state index in [0.717, 1.165) is 24.8 Å². The molecule has 2 fully saturated rings. The summed E-state index contributed by atoms with van der Waals surface area (Å²) in [5, 5.41) is 4.42. The third-order valence-electron chi connectivity index (χ3n) is 5.22. The summed E-state index contributed by atoms with van der Waals surface area (Å²) in [6.07, 6.45) is 6.05. The normalized spacial score (nSPS) is 24.5. The summed E-state index contributed by atoms with van der Waals surface area (Å²) in [6.45, 7) is 1.35. The van der Waals surface area contributed by atoms with E-state index in [1.54, 1.807) is 0 Å². The van der Waals surface area contributed by atoms with Gasteiger partial charge in [0.15, 0.2) is 0 Å². The number of hydrogen-bond acceptors (Lipinski definition) is 3. The molecule has 2 aliphatic rings. The van der Waals surface area contributed by atoms with Gasteiger partial charge in [0.2, 0.25) is 5.91 Å². The molecule has 120 valence electrons. The summed E-state index contributed by atoms with van der Waals surface area (Å²) in [4.78, 5) is 16.6. The van der Waals surface area contributed by atoms with Crippen LogP contribution in [-0.4, -0.2) is 30.1 Å². The Morgan fingerprint density at radius 3 is 2.91 bits per heavy atom. The molecule has 1 N–H and O–H groups in total. The van der Waals surface area contributed by atoms with Crippen LogP contribution in [0.3, 0.4) is 0 Å². The van der Waals surface area contributed by atoms with E-state index in [-0.39, 0.29) is 17.9 Å². The highest BCUT2D eigenvalue weighted by molar-refractivity contribution is 5.82. The van der Waals surface area contributed by atoms with Crippen molar-refractivity contribution < 1.29 is 9.53 Å². The van der Waals surface area contributed by atoms with E-state index in [9.17, 15) is 4.79 Å². The standard InChI is InChI=1S/C19H22N2O2/c22-19(13-4-3-5-13)21-18-12-23-11-15(18)10-14-8-9-20-17-7-2-1-6-16(14)17/h1-2,6-9,13,15,18H,3-5,10-12H2,(H,21,22)/t15-,18+/m1/s1. The Kier molecular flexibility index (Phi) is 4.00. The average molecular weight is 310 g/mol. The van der Waals surface area contributed by atoms with Crippen molar-refractivity contribution in [1.29, 1.82) is 0 Å². The minimum Gasteiger partial charge on any atom is -0.379 e. The first kappa shape index (κ1) is 14.6. The van der Waals surface area contributed by atoms with Crippen molar-refractivity contribution in [2.45, 2.75) is 31.7 Å². The van der Waals surface area contributed by atoms with Crippen LogP contribution in [0.2, 0.25) is 0 Å². The third kappa shape index (κ3) is 2.95. The fraction of sp³-hybridized carbons (Fsp3) is 0.474. The number of fused-ring (bicyclic) bond motifs is 1. The van der Waals surface area contributed by atoms with E-state index in [2.05, 4.69) is 28.5 Å². The molecule has 1 aromatic carbocycles. The van der Waals surface area contributed by atoms with E-state index >= 15 is 0 Å². The van der Waals surface area contributed by atoms with Gasteiger partial charge in [-0.05, 0) is 37.0 Å². The van der Waals surface area contributed by atoms with E-state index < -0.39 is 0 Å². The number of carbonyl (C=O) groups is 1. The lowest BCUT2D eigenvalue weighted by Gasteiger charge is -2.27. The van der Waals surface area contributed by atoms with Crippen LogP contribution in [-0.2, 0) is 16.0 Å². The molecular weight excluding hydrogens is 288 g/mol. The highest BCUT2D eigenvalue weighted by Gasteiger charge is 2.33. The zero-order valence-electron chi connectivity index (χ0n) is 13.2. The van der Waals surface area contributed by atoms with E-state index in [1.807, 2.05) is 18.3 Å². The van der Waals surface area contributed by atoms with Crippen molar-refractivity contribution in [2.24, 2.45) is 11.8 Å². The highest BCUT2D eigenvalue weighted by atomic mass is 16.5. The van der Waals surface area contributed by atoms with Gasteiger partial charge in [-0.3, -0.25) is 9.78 Å². The van der Waals surface area contributed by atoms with Gasteiger partial charge in [0.25, 0.3) is 0 Å². The van der Waals surface area contributed by atoms with Crippen molar-refractivity contribution in [3.05, 3.63) is 42.1 Å². The maximum Gasteiger partial charge on any atom is 0.223 e. The number of nitrogens with zero attached hydrogens (tertiary/aromatic N) is 1. The number of hydrogen-bond donors (Lipinski definition) is 1. The van der Waals surface area contributed by atoms with Crippen LogP contribution < -0.4 is 5.32 Å². The molecule has 0 radical (unpaired) electrons. The predicted molar refractivity (Wildman–Crippen MR) is 89.0 cm³/mol. The van der Waals surface area contributed by atoms with Crippen molar-refractivity contribution in [3.8, 4) is 0 Å². The summed E-state index contributed by atoms with van der Waals surface area (Å²) in [6, 6.07) is 10.4. The molecule has 0 spiro atoms. The second kappa shape index (κ2) is 6.28. The summed E-state index contributed by atoms with van der Waals surface area (Å²) in [5.41, 5.74) is 2.31. The van der Waals surface area contributed by atoms with Crippen molar-refractivity contribution in [1.82, 2.24) is 10.3 Å². The van der Waals surface area contributed by atoms with E-state index in [0.29, 0.717) is 19.1 Å². The van der Waals surface area contributed by atoms with Gasteiger partial charge in [0.1, 0.15) is 0 Å². The molecular formula is C19H22N2O2. The predicted octanol–water partition coefficient (Wildman–Crippen LogP) is 2.71. The van der Waals surface area contributed by atoms with Gasteiger partial charge in [-0.25, -0.2) is 0 Å². The van der Waals surface area contributed by atoms with Gasteiger partial charge in [0.05, 0.1) is 24.8 Å². The fourth-order valence-corrected chi connectivity index (χ4v) is 3.55. The van der Waals surface area contributed by atoms with Gasteiger partial charge in [0, 0.05) is 23.4 Å². The topological polar surface area (TPSA) is 51.2 Å². The molecule has 1 saturated carbocycles. The van der Waals surface area contributed by atoms with Crippen LogP contribution in [0.25, 0.3) is 10.9 Å². The first-order valence-corrected chi connectivity index (χ1v) is 8.52. The first-order valence-electron chi connectivity index (χ1n) is 8.52. The summed E-state index contributed by atoms with van der Waals surface area (Å²) in [7, 11) is 0. The maximum atomic E-state index is 12.2. The Hall–Kier alpha value is -1.94. The zero-order chi connectivity index (χ0) is 15.6. The maximum absolute atomic E-state index is 12.2. The Balaban J connectivity index is 1.49. The Morgan fingerprint density at radius 2 is 2.09 bits per heavy atom. The minimum absolute atomic E-state index is 0.134. The minimum atomic E-state index is 0.134. The Bertz CT molecular complexity index is 706. The van der Waals surface area contributed by atoms with Gasteiger partial charge in [-0.15, -0.1) is 0 Å². The summed E-state index contributed by atoms with van der Waals surface area (Å²) >= 11 is 0. The van der Waals surface area contributed by atoms with Crippen LogP contribution in [0, 0.1) is 11.8 Å². The smallest absolute Gasteiger partial charge is 0.223 e. The molecule has 1 aromatic heterocycles. The second-order valence-electron chi connectivity index (χ2n) is 6.73. The number of ether oxygens (including phenoxy) is 1. The van der Waals surface area contributed by atoms with E-state index in [1.165, 1.54) is 17.4 Å². The van der Waals surface area contributed by atoms with Crippen molar-refractivity contribution in [3.63, 3.8) is 0 Å². The molecule has 1 amide bonds. The lowest BCUT2D eigenvalue weighted by Crippen LogP contribution is -2.45. The molecule has 0 unspecified atom stereocenters. The van der Waals surface area contributed by atoms with Crippen LogP contribution >= 0.6 is 0 Å². The molecule has 1 aliphatic heterocycles.